The molecule has 0 atom stereocenters. The number of hydrogen-bond donors (Lipinski definition) is 0. The molecule has 2 fully saturated rings. The fourth-order valence-corrected chi connectivity index (χ4v) is 12.9. The maximum Gasteiger partial charge on any atom is 0.432 e. The van der Waals surface area contributed by atoms with E-state index >= 15 is 0 Å². The molecular weight excluding hydrogens is 1310 g/mol. The highest BCUT2D eigenvalue weighted by atomic mass is 19.3. The Balaban J connectivity index is 0.000000176. The van der Waals surface area contributed by atoms with Crippen molar-refractivity contribution >= 4 is 0 Å². The molecule has 0 saturated heterocycles. The Labute approximate surface area is 556 Å². The highest BCUT2D eigenvalue weighted by Gasteiger charge is 2.43. The zero-order valence-corrected chi connectivity index (χ0v) is 53.9. The Hall–Kier alpha value is -8.68. The Morgan fingerprint density at radius 1 is 0.357 bits per heavy atom. The van der Waals surface area contributed by atoms with Gasteiger partial charge in [-0.2, -0.15) is 17.6 Å². The van der Waals surface area contributed by atoms with Crippen LogP contribution >= 0.6 is 0 Å². The molecule has 0 N–H and O–H groups in total. The molecule has 2 aliphatic carbocycles. The fraction of sp³-hybridized carbons (Fsp3) is 0.308. The quantitative estimate of drug-likeness (QED) is 0.0668. The molecule has 20 heteroatoms. The number of ether oxygens (including phenoxy) is 2. The predicted molar refractivity (Wildman–Crippen MR) is 340 cm³/mol. The molecule has 2 aliphatic rings. The van der Waals surface area contributed by atoms with Crippen LogP contribution in [0.25, 0.3) is 44.5 Å². The minimum atomic E-state index is -4.75. The normalized spacial score (nSPS) is 16.4. The first-order valence-corrected chi connectivity index (χ1v) is 32.2. The molecule has 518 valence electrons. The van der Waals surface area contributed by atoms with Crippen LogP contribution in [-0.4, -0.2) is 0 Å². The van der Waals surface area contributed by atoms with E-state index in [0.717, 1.165) is 105 Å². The molecule has 2 nitrogen and oxygen atoms in total. The van der Waals surface area contributed by atoms with Crippen molar-refractivity contribution in [1.82, 2.24) is 0 Å². The predicted octanol–water partition coefficient (Wildman–Crippen LogP) is 24.9. The zero-order valence-electron chi connectivity index (χ0n) is 53.9. The van der Waals surface area contributed by atoms with Gasteiger partial charge in [0.1, 0.15) is 46.1 Å². The van der Waals surface area contributed by atoms with Gasteiger partial charge in [-0.15, -0.1) is 0 Å². The van der Waals surface area contributed by atoms with Crippen LogP contribution in [0.15, 0.2) is 140 Å². The summed E-state index contributed by atoms with van der Waals surface area (Å²) >= 11 is 0. The summed E-state index contributed by atoms with van der Waals surface area (Å²) in [6.45, 7) is 8.06. The maximum atomic E-state index is 14.9. The first kappa shape index (κ1) is 73.6. The van der Waals surface area contributed by atoms with Crippen molar-refractivity contribution in [1.29, 1.82) is 0 Å². The average Bonchev–Trinajstić information content (AvgIpc) is 0.783. The van der Waals surface area contributed by atoms with Crippen LogP contribution in [0, 0.1) is 113 Å². The lowest BCUT2D eigenvalue weighted by atomic mass is 9.68. The summed E-state index contributed by atoms with van der Waals surface area (Å²) in [7, 11) is 0. The van der Waals surface area contributed by atoms with Crippen molar-refractivity contribution in [3.05, 3.63) is 260 Å². The largest absolute Gasteiger partial charge is 0.432 e. The lowest BCUT2D eigenvalue weighted by Crippen LogP contribution is -2.26. The molecule has 11 rings (SSSR count). The Morgan fingerprint density at radius 3 is 1.21 bits per heavy atom. The van der Waals surface area contributed by atoms with Crippen molar-refractivity contribution < 1.29 is 88.5 Å². The highest BCUT2D eigenvalue weighted by molar-refractivity contribution is 5.73. The lowest BCUT2D eigenvalue weighted by Gasteiger charge is -2.38. The van der Waals surface area contributed by atoms with E-state index in [-0.39, 0.29) is 40.3 Å². The average molecular weight is 1380 g/mol. The summed E-state index contributed by atoms with van der Waals surface area (Å²) in [6.07, 6.45) is 6.04. The molecule has 0 aliphatic heterocycles. The standard InChI is InChI=1S/C29H21F7O.C28H18F8O.C21H29F3/c1-3-4-17-5-7-18(8-6-17)19-9-11-21(23(30)13-19)20-10-12-22(24(31)14-20)29(35,36)37-26-15-25(32)28(34)27(33)16(26)2;1-3-15-4-6-16(7-5-15)17-8-9-19(20(29)10-17)18-11-21(30)25(22(31)12-18)28(35,36)37-24-13-23(32)27(34)26(33)14(24)2;1-2-3-14-4-6-15(7-5-14)16-8-10-17(11-9-16)18-12-19(22)21(24)20(23)13-18/h5-15H,3-4H2,1-2H3;4-13H,3H2,1-2H3;12-17H,2-11H2,1H3. The SMILES string of the molecule is CCCC1CCC(C2CCC(c3cc(F)c(F)c(F)c3)CC2)CC1.CCCc1ccc(-c2ccc(-c3ccc(C(F)(F)Oc4cc(F)c(F)c(F)c4C)c(F)c3)c(F)c2)cc1.CCc1ccc(-c2ccc(-c3cc(F)c(C(F)(F)Oc4cc(F)c(F)c(F)c4C)c(F)c3)c(F)c2)cc1. The fourth-order valence-electron chi connectivity index (χ4n) is 12.9. The van der Waals surface area contributed by atoms with E-state index < -0.39 is 127 Å². The molecule has 9 aromatic rings. The van der Waals surface area contributed by atoms with Crippen LogP contribution in [-0.2, 0) is 25.1 Å². The van der Waals surface area contributed by atoms with Crippen LogP contribution in [0.2, 0.25) is 0 Å². The molecule has 0 heterocycles. The second kappa shape index (κ2) is 31.5. The van der Waals surface area contributed by atoms with Gasteiger partial charge in [-0.25, -0.2) is 61.5 Å². The summed E-state index contributed by atoms with van der Waals surface area (Å²) in [5, 5.41) is 0. The van der Waals surface area contributed by atoms with Gasteiger partial charge in [0, 0.05) is 34.4 Å². The van der Waals surface area contributed by atoms with Crippen LogP contribution in [0.1, 0.15) is 136 Å². The minimum absolute atomic E-state index is 0.00514. The van der Waals surface area contributed by atoms with Crippen molar-refractivity contribution in [3.8, 4) is 56.0 Å². The van der Waals surface area contributed by atoms with Gasteiger partial charge in [0.2, 0.25) is 0 Å². The van der Waals surface area contributed by atoms with Gasteiger partial charge in [-0.3, -0.25) is 0 Å². The summed E-state index contributed by atoms with van der Waals surface area (Å²) in [4.78, 5) is 0. The molecule has 0 aromatic heterocycles. The minimum Gasteiger partial charge on any atom is -0.428 e. The topological polar surface area (TPSA) is 18.5 Å². The van der Waals surface area contributed by atoms with E-state index in [2.05, 4.69) is 23.3 Å². The number of halogens is 18. The molecule has 0 unspecified atom stereocenters. The zero-order chi connectivity index (χ0) is 71.1. The third kappa shape index (κ3) is 16.9. The summed E-state index contributed by atoms with van der Waals surface area (Å²) in [6, 6.07) is 29.5. The van der Waals surface area contributed by atoms with Gasteiger partial charge in [0.25, 0.3) is 0 Å². The van der Waals surface area contributed by atoms with Gasteiger partial charge in [-0.05, 0) is 187 Å². The Kier molecular flexibility index (Phi) is 23.6. The van der Waals surface area contributed by atoms with E-state index in [4.69, 9.17) is 0 Å². The van der Waals surface area contributed by atoms with E-state index in [1.165, 1.54) is 74.9 Å². The van der Waals surface area contributed by atoms with Gasteiger partial charge in [-0.1, -0.05) is 132 Å². The van der Waals surface area contributed by atoms with E-state index in [1.807, 2.05) is 43.3 Å². The van der Waals surface area contributed by atoms with Crippen molar-refractivity contribution in [2.24, 2.45) is 17.8 Å². The van der Waals surface area contributed by atoms with E-state index in [9.17, 15) is 79.0 Å². The van der Waals surface area contributed by atoms with Crippen LogP contribution in [0.3, 0.4) is 0 Å². The second-order valence-corrected chi connectivity index (χ2v) is 24.8. The molecule has 0 spiro atoms. The van der Waals surface area contributed by atoms with Crippen molar-refractivity contribution in [3.63, 3.8) is 0 Å². The first-order chi connectivity index (χ1) is 46.5. The maximum absolute atomic E-state index is 14.9. The number of aryl methyl sites for hydroxylation is 2. The van der Waals surface area contributed by atoms with Crippen molar-refractivity contribution in [2.45, 2.75) is 136 Å². The van der Waals surface area contributed by atoms with Gasteiger partial charge >= 0.3 is 12.2 Å². The van der Waals surface area contributed by atoms with Gasteiger partial charge < -0.3 is 9.47 Å². The Bertz CT molecular complexity index is 4240. The van der Waals surface area contributed by atoms with Gasteiger partial charge in [0.05, 0.1) is 5.56 Å². The summed E-state index contributed by atoms with van der Waals surface area (Å²) in [5.74, 6) is -20.2. The lowest BCUT2D eigenvalue weighted by molar-refractivity contribution is -0.190. The molecule has 2 saturated carbocycles. The second-order valence-electron chi connectivity index (χ2n) is 24.8. The molecule has 0 radical (unpaired) electrons. The number of rotatable bonds is 17. The highest BCUT2D eigenvalue weighted by Crippen LogP contribution is 2.46. The molecular formula is C78H68F18O2. The summed E-state index contributed by atoms with van der Waals surface area (Å²) < 4.78 is 262. The number of benzene rings is 9. The monoisotopic (exact) mass is 1380 g/mol. The Morgan fingerprint density at radius 2 is 0.765 bits per heavy atom. The van der Waals surface area contributed by atoms with E-state index in [0.29, 0.717) is 46.5 Å². The number of hydrogen-bond acceptors (Lipinski definition) is 2. The van der Waals surface area contributed by atoms with Crippen molar-refractivity contribution in [2.75, 3.05) is 0 Å². The molecule has 98 heavy (non-hydrogen) atoms. The first-order valence-electron chi connectivity index (χ1n) is 32.2. The summed E-state index contributed by atoms with van der Waals surface area (Å²) in [5.41, 5.74) is 0.164. The van der Waals surface area contributed by atoms with Crippen LogP contribution in [0.4, 0.5) is 79.0 Å². The third-order valence-electron chi connectivity index (χ3n) is 18.4. The third-order valence-corrected chi connectivity index (χ3v) is 18.4. The van der Waals surface area contributed by atoms with E-state index in [1.54, 1.807) is 18.2 Å². The molecule has 0 bridgehead atoms. The van der Waals surface area contributed by atoms with Crippen LogP contribution < -0.4 is 9.47 Å². The molecule has 0 amide bonds. The number of alkyl halides is 4. The molecule has 9 aromatic carbocycles. The van der Waals surface area contributed by atoms with Crippen LogP contribution in [0.5, 0.6) is 11.5 Å². The smallest absolute Gasteiger partial charge is 0.428 e. The van der Waals surface area contributed by atoms with Gasteiger partial charge in [0.15, 0.2) is 52.4 Å².